The van der Waals surface area contributed by atoms with Gasteiger partial charge in [0.2, 0.25) is 0 Å². The number of allylic oxidation sites excluding steroid dienone is 4. The largest absolute Gasteiger partial charge is 0.507 e. The SMILES string of the molecule is CC1(C)C=C(O)/C(=C2\C(=O)CC(C)(C)C=C2O)C(=O)C1. The number of ketones is 2. The number of rotatable bonds is 0. The first kappa shape index (κ1) is 14.6. The molecule has 0 amide bonds. The number of carbonyl (C=O) groups is 2. The van der Waals surface area contributed by atoms with Crippen molar-refractivity contribution in [1.29, 1.82) is 0 Å². The van der Waals surface area contributed by atoms with Gasteiger partial charge in [0.25, 0.3) is 0 Å². The van der Waals surface area contributed by atoms with Crippen molar-refractivity contribution in [2.75, 3.05) is 0 Å². The molecular formula is C16H20O4. The van der Waals surface area contributed by atoms with Gasteiger partial charge < -0.3 is 10.2 Å². The third-order valence-corrected chi connectivity index (χ3v) is 3.61. The molecule has 0 atom stereocenters. The molecule has 0 saturated carbocycles. The summed E-state index contributed by atoms with van der Waals surface area (Å²) in [5.74, 6) is -1.04. The molecule has 0 aromatic carbocycles. The lowest BCUT2D eigenvalue weighted by molar-refractivity contribution is -0.120. The van der Waals surface area contributed by atoms with E-state index in [9.17, 15) is 19.8 Å². The van der Waals surface area contributed by atoms with Crippen LogP contribution in [0.3, 0.4) is 0 Å². The summed E-state index contributed by atoms with van der Waals surface area (Å²) in [4.78, 5) is 24.4. The van der Waals surface area contributed by atoms with Crippen LogP contribution in [0.5, 0.6) is 0 Å². The highest BCUT2D eigenvalue weighted by Crippen LogP contribution is 2.39. The number of aliphatic hydroxyl groups excluding tert-OH is 2. The fraction of sp³-hybridized carbons (Fsp3) is 0.500. The van der Waals surface area contributed by atoms with Gasteiger partial charge in [-0.1, -0.05) is 27.7 Å². The van der Waals surface area contributed by atoms with Gasteiger partial charge in [0, 0.05) is 12.8 Å². The number of aliphatic hydroxyl groups is 2. The molecule has 0 unspecified atom stereocenters. The van der Waals surface area contributed by atoms with E-state index in [1.807, 2.05) is 27.7 Å². The molecule has 0 aromatic rings. The van der Waals surface area contributed by atoms with Crippen molar-refractivity contribution in [2.24, 2.45) is 10.8 Å². The molecule has 0 bridgehead atoms. The predicted molar refractivity (Wildman–Crippen MR) is 75.3 cm³/mol. The van der Waals surface area contributed by atoms with Crippen LogP contribution in [0.2, 0.25) is 0 Å². The molecule has 2 aliphatic carbocycles. The van der Waals surface area contributed by atoms with Crippen molar-refractivity contribution >= 4 is 11.6 Å². The third-order valence-electron chi connectivity index (χ3n) is 3.61. The Hall–Kier alpha value is -1.84. The maximum atomic E-state index is 12.2. The minimum atomic E-state index is -0.443. The highest BCUT2D eigenvalue weighted by molar-refractivity contribution is 6.12. The zero-order chi connectivity index (χ0) is 15.3. The monoisotopic (exact) mass is 276 g/mol. The second-order valence-electron chi connectivity index (χ2n) is 6.99. The van der Waals surface area contributed by atoms with Gasteiger partial charge in [-0.3, -0.25) is 9.59 Å². The number of hydrogen-bond acceptors (Lipinski definition) is 4. The van der Waals surface area contributed by atoms with E-state index in [0.29, 0.717) is 0 Å². The highest BCUT2D eigenvalue weighted by atomic mass is 16.3. The van der Waals surface area contributed by atoms with E-state index in [2.05, 4.69) is 0 Å². The van der Waals surface area contributed by atoms with Crippen LogP contribution in [0.1, 0.15) is 40.5 Å². The van der Waals surface area contributed by atoms with Gasteiger partial charge in [-0.25, -0.2) is 0 Å². The van der Waals surface area contributed by atoms with Crippen molar-refractivity contribution in [3.05, 3.63) is 34.8 Å². The minimum absolute atomic E-state index is 0.0430. The van der Waals surface area contributed by atoms with Crippen LogP contribution in [0, 0.1) is 10.8 Å². The van der Waals surface area contributed by atoms with Gasteiger partial charge in [-0.05, 0) is 23.0 Å². The molecule has 2 N–H and O–H groups in total. The van der Waals surface area contributed by atoms with Crippen molar-refractivity contribution in [1.82, 2.24) is 0 Å². The fourth-order valence-electron chi connectivity index (χ4n) is 2.81. The zero-order valence-corrected chi connectivity index (χ0v) is 12.3. The molecule has 0 aliphatic heterocycles. The van der Waals surface area contributed by atoms with Crippen molar-refractivity contribution in [2.45, 2.75) is 40.5 Å². The van der Waals surface area contributed by atoms with Crippen molar-refractivity contribution in [3.8, 4) is 0 Å². The van der Waals surface area contributed by atoms with Crippen molar-refractivity contribution in [3.63, 3.8) is 0 Å². The Balaban J connectivity index is 2.64. The van der Waals surface area contributed by atoms with Gasteiger partial charge in [-0.2, -0.15) is 0 Å². The first-order chi connectivity index (χ1) is 9.02. The van der Waals surface area contributed by atoms with Gasteiger partial charge >= 0.3 is 0 Å². The second kappa shape index (κ2) is 4.33. The van der Waals surface area contributed by atoms with Gasteiger partial charge in [0.1, 0.15) is 11.5 Å². The molecule has 2 aliphatic rings. The predicted octanol–water partition coefficient (Wildman–Crippen LogP) is 3.16. The third kappa shape index (κ3) is 2.55. The summed E-state index contributed by atoms with van der Waals surface area (Å²) in [6.07, 6.45) is 3.55. The van der Waals surface area contributed by atoms with E-state index < -0.39 is 10.8 Å². The first-order valence-corrected chi connectivity index (χ1v) is 6.67. The maximum Gasteiger partial charge on any atom is 0.168 e. The summed E-state index contributed by atoms with van der Waals surface area (Å²) < 4.78 is 0. The second-order valence-corrected chi connectivity index (χ2v) is 6.99. The summed E-state index contributed by atoms with van der Waals surface area (Å²) in [6.45, 7) is 7.35. The topological polar surface area (TPSA) is 74.6 Å². The maximum absolute atomic E-state index is 12.2. The molecule has 0 spiro atoms. The molecule has 4 heteroatoms. The first-order valence-electron chi connectivity index (χ1n) is 6.67. The molecule has 0 heterocycles. The normalized spacial score (nSPS) is 29.0. The Kier molecular flexibility index (Phi) is 3.16. The summed E-state index contributed by atoms with van der Waals surface area (Å²) in [5.41, 5.74) is -0.972. The summed E-state index contributed by atoms with van der Waals surface area (Å²) in [5, 5.41) is 20.2. The Morgan fingerprint density at radius 2 is 1.10 bits per heavy atom. The average molecular weight is 276 g/mol. The quantitative estimate of drug-likeness (QED) is 0.666. The Labute approximate surface area is 118 Å². The van der Waals surface area contributed by atoms with Gasteiger partial charge in [-0.15, -0.1) is 0 Å². The van der Waals surface area contributed by atoms with Crippen LogP contribution in [-0.2, 0) is 9.59 Å². The molecule has 2 rings (SSSR count). The summed E-state index contributed by atoms with van der Waals surface area (Å²) in [6, 6.07) is 0. The minimum Gasteiger partial charge on any atom is -0.507 e. The fourth-order valence-corrected chi connectivity index (χ4v) is 2.81. The van der Waals surface area contributed by atoms with Crippen molar-refractivity contribution < 1.29 is 19.8 Å². The number of carbonyl (C=O) groups excluding carboxylic acids is 2. The van der Waals surface area contributed by atoms with E-state index in [-0.39, 0.29) is 47.1 Å². The molecule has 4 nitrogen and oxygen atoms in total. The number of hydrogen-bond donors (Lipinski definition) is 2. The molecule has 0 saturated heterocycles. The summed E-state index contributed by atoms with van der Waals surface area (Å²) >= 11 is 0. The smallest absolute Gasteiger partial charge is 0.168 e. The van der Waals surface area contributed by atoms with Crippen LogP contribution in [0.25, 0.3) is 0 Å². The average Bonchev–Trinajstić information content (AvgIpc) is 2.17. The van der Waals surface area contributed by atoms with Crippen LogP contribution < -0.4 is 0 Å². The van der Waals surface area contributed by atoms with Crippen LogP contribution >= 0.6 is 0 Å². The molecule has 0 aromatic heterocycles. The van der Waals surface area contributed by atoms with E-state index in [1.54, 1.807) is 12.2 Å². The van der Waals surface area contributed by atoms with E-state index in [1.165, 1.54) is 0 Å². The zero-order valence-electron chi connectivity index (χ0n) is 12.3. The van der Waals surface area contributed by atoms with E-state index >= 15 is 0 Å². The molecule has 108 valence electrons. The van der Waals surface area contributed by atoms with Gasteiger partial charge in [0.15, 0.2) is 11.6 Å². The molecule has 20 heavy (non-hydrogen) atoms. The molecular weight excluding hydrogens is 256 g/mol. The van der Waals surface area contributed by atoms with Crippen LogP contribution in [0.15, 0.2) is 34.8 Å². The van der Waals surface area contributed by atoms with Gasteiger partial charge in [0.05, 0.1) is 11.1 Å². The number of Topliss-reactive ketones (excluding diaryl/α,β-unsaturated/α-hetero) is 2. The van der Waals surface area contributed by atoms with Crippen LogP contribution in [0.4, 0.5) is 0 Å². The molecule has 0 radical (unpaired) electrons. The lowest BCUT2D eigenvalue weighted by Crippen LogP contribution is -2.29. The van der Waals surface area contributed by atoms with E-state index in [0.717, 1.165) is 0 Å². The molecule has 0 fully saturated rings. The summed E-state index contributed by atoms with van der Waals surface area (Å²) in [7, 11) is 0. The van der Waals surface area contributed by atoms with Crippen LogP contribution in [-0.4, -0.2) is 21.8 Å². The van der Waals surface area contributed by atoms with E-state index in [4.69, 9.17) is 0 Å². The Bertz CT molecular complexity index is 534. The Morgan fingerprint density at radius 3 is 1.35 bits per heavy atom. The Morgan fingerprint density at radius 1 is 0.800 bits per heavy atom. The standard InChI is InChI=1S/C16H20O4/c1-15(2)5-9(17)13(10(18)6-15)14-11(19)7-16(3,4)8-12(14)20/h5,7,17,19H,6,8H2,1-4H3/b14-13+. The lowest BCUT2D eigenvalue weighted by atomic mass is 9.74. The lowest BCUT2D eigenvalue weighted by Gasteiger charge is -2.30. The highest BCUT2D eigenvalue weighted by Gasteiger charge is 2.38.